The molecular weight excluding hydrogens is 420 g/mol. The number of hydrogen-bond acceptors (Lipinski definition) is 7. The zero-order valence-corrected chi connectivity index (χ0v) is 19.2. The van der Waals surface area contributed by atoms with E-state index in [9.17, 15) is 9.59 Å². The fourth-order valence-electron chi connectivity index (χ4n) is 4.13. The lowest BCUT2D eigenvalue weighted by Crippen LogP contribution is -2.20. The summed E-state index contributed by atoms with van der Waals surface area (Å²) in [5.41, 5.74) is 3.23. The number of carbonyl (C=O) groups is 2. The summed E-state index contributed by atoms with van der Waals surface area (Å²) in [5, 5.41) is 8.10. The standard InChI is InChI=1S/C25H28N4O4/c1-4-32-20-9-7-19(8-10-20)29-17(2)15-21(18(29)3)23(30)16-33-25(31)22-11-12-24(27-26-22)28-13-5-6-14-28/h7-12,15H,4-6,13-14,16H2,1-3H3. The zero-order valence-electron chi connectivity index (χ0n) is 19.2. The fourth-order valence-corrected chi connectivity index (χ4v) is 4.13. The first-order valence-corrected chi connectivity index (χ1v) is 11.2. The number of hydrogen-bond donors (Lipinski definition) is 0. The monoisotopic (exact) mass is 448 g/mol. The van der Waals surface area contributed by atoms with Crippen LogP contribution in [0.25, 0.3) is 5.69 Å². The van der Waals surface area contributed by atoms with E-state index in [0.717, 1.165) is 54.6 Å². The Hall–Kier alpha value is -3.68. The lowest BCUT2D eigenvalue weighted by Gasteiger charge is -2.15. The van der Waals surface area contributed by atoms with Gasteiger partial charge in [-0.1, -0.05) is 0 Å². The minimum Gasteiger partial charge on any atom is -0.494 e. The number of ketones is 1. The van der Waals surface area contributed by atoms with Gasteiger partial charge in [0.2, 0.25) is 5.78 Å². The molecule has 0 saturated carbocycles. The van der Waals surface area contributed by atoms with E-state index in [0.29, 0.717) is 12.2 Å². The molecule has 3 heterocycles. The molecular formula is C25H28N4O4. The van der Waals surface area contributed by atoms with Crippen LogP contribution in [-0.4, -0.2) is 52.8 Å². The van der Waals surface area contributed by atoms with Gasteiger partial charge in [-0.05, 0) is 76.1 Å². The summed E-state index contributed by atoms with van der Waals surface area (Å²) >= 11 is 0. The number of esters is 1. The molecule has 0 radical (unpaired) electrons. The maximum absolute atomic E-state index is 12.8. The van der Waals surface area contributed by atoms with Gasteiger partial charge in [-0.15, -0.1) is 10.2 Å². The highest BCUT2D eigenvalue weighted by Crippen LogP contribution is 2.23. The number of rotatable bonds is 8. The predicted molar refractivity (Wildman–Crippen MR) is 125 cm³/mol. The third kappa shape index (κ3) is 4.89. The molecule has 0 unspecified atom stereocenters. The van der Waals surface area contributed by atoms with Gasteiger partial charge < -0.3 is 18.9 Å². The molecule has 1 fully saturated rings. The molecule has 8 heteroatoms. The molecule has 1 aliphatic heterocycles. The van der Waals surface area contributed by atoms with Crippen LogP contribution in [0.1, 0.15) is 52.0 Å². The molecule has 1 aromatic carbocycles. The van der Waals surface area contributed by atoms with E-state index >= 15 is 0 Å². The molecule has 3 aromatic rings. The highest BCUT2D eigenvalue weighted by atomic mass is 16.5. The average molecular weight is 449 g/mol. The van der Waals surface area contributed by atoms with Crippen LogP contribution < -0.4 is 9.64 Å². The first-order valence-electron chi connectivity index (χ1n) is 11.2. The largest absolute Gasteiger partial charge is 0.494 e. The maximum atomic E-state index is 12.8. The Morgan fingerprint density at radius 2 is 1.73 bits per heavy atom. The summed E-state index contributed by atoms with van der Waals surface area (Å²) in [6, 6.07) is 12.9. The molecule has 1 aliphatic rings. The molecule has 0 atom stereocenters. The SMILES string of the molecule is CCOc1ccc(-n2c(C)cc(C(=O)COC(=O)c3ccc(N4CCCC4)nn3)c2C)cc1. The van der Waals surface area contributed by atoms with Crippen molar-refractivity contribution in [3.8, 4) is 11.4 Å². The van der Waals surface area contributed by atoms with Gasteiger partial charge >= 0.3 is 5.97 Å². The summed E-state index contributed by atoms with van der Waals surface area (Å²) in [4.78, 5) is 27.3. The molecule has 0 spiro atoms. The number of Topliss-reactive ketones (excluding diaryl/α,β-unsaturated/α-hetero) is 1. The van der Waals surface area contributed by atoms with Crippen LogP contribution in [0.15, 0.2) is 42.5 Å². The molecule has 4 rings (SSSR count). The van der Waals surface area contributed by atoms with Crippen molar-refractivity contribution in [2.24, 2.45) is 0 Å². The first kappa shape index (κ1) is 22.5. The molecule has 0 bridgehead atoms. The van der Waals surface area contributed by atoms with Gasteiger partial charge in [0.05, 0.1) is 6.61 Å². The molecule has 0 amide bonds. The molecule has 0 N–H and O–H groups in total. The Labute approximate surface area is 193 Å². The van der Waals surface area contributed by atoms with Crippen molar-refractivity contribution in [3.63, 3.8) is 0 Å². The van der Waals surface area contributed by atoms with E-state index in [1.807, 2.05) is 55.7 Å². The van der Waals surface area contributed by atoms with Crippen molar-refractivity contribution >= 4 is 17.6 Å². The van der Waals surface area contributed by atoms with Gasteiger partial charge in [0, 0.05) is 35.7 Å². The van der Waals surface area contributed by atoms with E-state index in [1.54, 1.807) is 12.1 Å². The predicted octanol–water partition coefficient (Wildman–Crippen LogP) is 3.92. The van der Waals surface area contributed by atoms with Gasteiger partial charge in [0.15, 0.2) is 18.1 Å². The van der Waals surface area contributed by atoms with Crippen LogP contribution in [0.2, 0.25) is 0 Å². The number of anilines is 1. The van der Waals surface area contributed by atoms with Crippen molar-refractivity contribution < 1.29 is 19.1 Å². The minimum absolute atomic E-state index is 0.0885. The first-order chi connectivity index (χ1) is 16.0. The van der Waals surface area contributed by atoms with E-state index in [1.165, 1.54) is 0 Å². The number of aromatic nitrogens is 3. The molecule has 1 saturated heterocycles. The highest BCUT2D eigenvalue weighted by molar-refractivity contribution is 6.00. The summed E-state index contributed by atoms with van der Waals surface area (Å²) in [7, 11) is 0. The Morgan fingerprint density at radius 3 is 2.36 bits per heavy atom. The molecule has 2 aromatic heterocycles. The van der Waals surface area contributed by atoms with Crippen molar-refractivity contribution in [2.45, 2.75) is 33.6 Å². The second-order valence-electron chi connectivity index (χ2n) is 8.02. The van der Waals surface area contributed by atoms with E-state index < -0.39 is 5.97 Å². The van der Waals surface area contributed by atoms with Gasteiger partial charge in [-0.3, -0.25) is 4.79 Å². The molecule has 0 aliphatic carbocycles. The highest BCUT2D eigenvalue weighted by Gasteiger charge is 2.20. The Balaban J connectivity index is 1.41. The number of aryl methyl sites for hydroxylation is 1. The van der Waals surface area contributed by atoms with Crippen LogP contribution in [0.3, 0.4) is 0 Å². The van der Waals surface area contributed by atoms with Gasteiger partial charge in [0.25, 0.3) is 0 Å². The number of carbonyl (C=O) groups excluding carboxylic acids is 2. The van der Waals surface area contributed by atoms with Crippen LogP contribution >= 0.6 is 0 Å². The molecule has 33 heavy (non-hydrogen) atoms. The van der Waals surface area contributed by atoms with Crippen molar-refractivity contribution in [1.29, 1.82) is 0 Å². The third-order valence-corrected chi connectivity index (χ3v) is 5.76. The number of ether oxygens (including phenoxy) is 2. The number of benzene rings is 1. The van der Waals surface area contributed by atoms with Crippen molar-refractivity contribution in [1.82, 2.24) is 14.8 Å². The van der Waals surface area contributed by atoms with E-state index in [2.05, 4.69) is 15.1 Å². The second kappa shape index (κ2) is 9.85. The Morgan fingerprint density at radius 1 is 1.00 bits per heavy atom. The lowest BCUT2D eigenvalue weighted by molar-refractivity contribution is 0.0467. The normalized spacial score (nSPS) is 13.2. The van der Waals surface area contributed by atoms with Crippen molar-refractivity contribution in [3.05, 3.63) is 65.1 Å². The quantitative estimate of drug-likeness (QED) is 0.381. The Kier molecular flexibility index (Phi) is 6.72. The Bertz CT molecular complexity index is 1130. The van der Waals surface area contributed by atoms with E-state index in [4.69, 9.17) is 9.47 Å². The average Bonchev–Trinajstić information content (AvgIpc) is 3.46. The van der Waals surface area contributed by atoms with E-state index in [-0.39, 0.29) is 18.1 Å². The summed E-state index contributed by atoms with van der Waals surface area (Å²) < 4.78 is 12.7. The topological polar surface area (TPSA) is 86.5 Å². The number of nitrogens with zero attached hydrogens (tertiary/aromatic N) is 4. The summed E-state index contributed by atoms with van der Waals surface area (Å²) in [5.74, 6) is 0.616. The fraction of sp³-hybridized carbons (Fsp3) is 0.360. The van der Waals surface area contributed by atoms with Gasteiger partial charge in [-0.25, -0.2) is 4.79 Å². The van der Waals surface area contributed by atoms with Crippen LogP contribution in [0.5, 0.6) is 5.75 Å². The van der Waals surface area contributed by atoms with Crippen molar-refractivity contribution in [2.75, 3.05) is 31.2 Å². The van der Waals surface area contributed by atoms with Crippen LogP contribution in [0.4, 0.5) is 5.82 Å². The summed E-state index contributed by atoms with van der Waals surface area (Å²) in [6.45, 7) is 7.89. The second-order valence-corrected chi connectivity index (χ2v) is 8.02. The third-order valence-electron chi connectivity index (χ3n) is 5.76. The van der Waals surface area contributed by atoms with Gasteiger partial charge in [0.1, 0.15) is 5.75 Å². The lowest BCUT2D eigenvalue weighted by atomic mass is 10.1. The minimum atomic E-state index is -0.663. The van der Waals surface area contributed by atoms with Crippen LogP contribution in [-0.2, 0) is 4.74 Å². The smallest absolute Gasteiger partial charge is 0.359 e. The van der Waals surface area contributed by atoms with Crippen LogP contribution in [0, 0.1) is 13.8 Å². The zero-order chi connectivity index (χ0) is 23.4. The summed E-state index contributed by atoms with van der Waals surface area (Å²) in [6.07, 6.45) is 2.26. The maximum Gasteiger partial charge on any atom is 0.359 e. The molecule has 172 valence electrons. The molecule has 8 nitrogen and oxygen atoms in total. The van der Waals surface area contributed by atoms with Gasteiger partial charge in [-0.2, -0.15) is 0 Å².